The predicted octanol–water partition coefficient (Wildman–Crippen LogP) is 0.816. The Hall–Kier alpha value is -0.610. The Morgan fingerprint density at radius 1 is 1.38 bits per heavy atom. The fraction of sp³-hybridized carbons (Fsp3) is 0.917. The first-order chi connectivity index (χ1) is 7.38. The lowest BCUT2D eigenvalue weighted by Crippen LogP contribution is -2.46. The van der Waals surface area contributed by atoms with Crippen molar-refractivity contribution in [2.75, 3.05) is 20.6 Å². The van der Waals surface area contributed by atoms with Gasteiger partial charge in [-0.05, 0) is 32.9 Å². The van der Waals surface area contributed by atoms with Gasteiger partial charge in [0.2, 0.25) is 5.91 Å². The van der Waals surface area contributed by atoms with Crippen molar-refractivity contribution < 1.29 is 4.79 Å². The highest BCUT2D eigenvalue weighted by Crippen LogP contribution is 2.08. The van der Waals surface area contributed by atoms with Gasteiger partial charge in [-0.3, -0.25) is 4.79 Å². The van der Waals surface area contributed by atoms with Gasteiger partial charge in [0, 0.05) is 12.6 Å². The molecule has 0 aromatic carbocycles. The normalized spacial score (nSPS) is 15.2. The monoisotopic (exact) mass is 229 g/mol. The molecule has 1 unspecified atom stereocenters. The van der Waals surface area contributed by atoms with Gasteiger partial charge in [-0.2, -0.15) is 0 Å². The van der Waals surface area contributed by atoms with Crippen LogP contribution in [0.5, 0.6) is 0 Å². The predicted molar refractivity (Wildman–Crippen MR) is 68.2 cm³/mol. The van der Waals surface area contributed by atoms with E-state index in [4.69, 9.17) is 5.73 Å². The van der Waals surface area contributed by atoms with Crippen molar-refractivity contribution in [3.63, 3.8) is 0 Å². The van der Waals surface area contributed by atoms with E-state index in [1.165, 1.54) is 0 Å². The fourth-order valence-corrected chi connectivity index (χ4v) is 1.56. The van der Waals surface area contributed by atoms with E-state index in [9.17, 15) is 4.79 Å². The Morgan fingerprint density at radius 3 is 2.31 bits per heavy atom. The largest absolute Gasteiger partial charge is 0.353 e. The van der Waals surface area contributed by atoms with Crippen LogP contribution in [-0.2, 0) is 4.79 Å². The van der Waals surface area contributed by atoms with Crippen LogP contribution in [0, 0.1) is 5.92 Å². The van der Waals surface area contributed by atoms with E-state index in [-0.39, 0.29) is 11.9 Å². The van der Waals surface area contributed by atoms with Crippen LogP contribution in [0.2, 0.25) is 0 Å². The Kier molecular flexibility index (Phi) is 7.34. The van der Waals surface area contributed by atoms with Crippen molar-refractivity contribution in [3.05, 3.63) is 0 Å². The smallest absolute Gasteiger partial charge is 0.236 e. The average Bonchev–Trinajstić information content (AvgIpc) is 2.21. The summed E-state index contributed by atoms with van der Waals surface area (Å²) in [6.07, 6.45) is 1.76. The lowest BCUT2D eigenvalue weighted by molar-refractivity contribution is -0.122. The summed E-state index contributed by atoms with van der Waals surface area (Å²) in [7, 11) is 4.08. The Balaban J connectivity index is 4.06. The molecule has 0 aliphatic heterocycles. The Morgan fingerprint density at radius 2 is 1.94 bits per heavy atom. The highest BCUT2D eigenvalue weighted by Gasteiger charge is 2.16. The molecule has 0 radical (unpaired) electrons. The van der Waals surface area contributed by atoms with Gasteiger partial charge in [0.1, 0.15) is 0 Å². The van der Waals surface area contributed by atoms with Crippen molar-refractivity contribution in [2.24, 2.45) is 11.7 Å². The number of hydrogen-bond donors (Lipinski definition) is 2. The first-order valence-electron chi connectivity index (χ1n) is 6.08. The number of carbonyl (C=O) groups excluding carboxylic acids is 1. The SMILES string of the molecule is CC[C@H](N)C(=O)NCC(CC(C)C)N(C)C. The van der Waals surface area contributed by atoms with Gasteiger partial charge >= 0.3 is 0 Å². The van der Waals surface area contributed by atoms with Crippen molar-refractivity contribution in [1.82, 2.24) is 10.2 Å². The molecule has 3 N–H and O–H groups in total. The van der Waals surface area contributed by atoms with E-state index < -0.39 is 0 Å². The van der Waals surface area contributed by atoms with Gasteiger partial charge in [0.15, 0.2) is 0 Å². The minimum atomic E-state index is -0.373. The Labute approximate surface area is 99.6 Å². The molecule has 0 aliphatic carbocycles. The summed E-state index contributed by atoms with van der Waals surface area (Å²) in [5.74, 6) is 0.585. The summed E-state index contributed by atoms with van der Waals surface area (Å²) in [6.45, 7) is 6.98. The molecule has 0 fully saturated rings. The number of amides is 1. The maximum absolute atomic E-state index is 11.5. The fourth-order valence-electron chi connectivity index (χ4n) is 1.56. The molecule has 96 valence electrons. The highest BCUT2D eigenvalue weighted by molar-refractivity contribution is 5.81. The summed E-state index contributed by atoms with van der Waals surface area (Å²) < 4.78 is 0. The first kappa shape index (κ1) is 15.4. The third kappa shape index (κ3) is 6.08. The van der Waals surface area contributed by atoms with Gasteiger partial charge in [0.05, 0.1) is 6.04 Å². The summed E-state index contributed by atoms with van der Waals surface area (Å²) >= 11 is 0. The molecule has 0 saturated heterocycles. The summed E-state index contributed by atoms with van der Waals surface area (Å²) in [4.78, 5) is 13.7. The number of hydrogen-bond acceptors (Lipinski definition) is 3. The van der Waals surface area contributed by atoms with Crippen LogP contribution in [0.1, 0.15) is 33.6 Å². The number of carbonyl (C=O) groups is 1. The second-order valence-electron chi connectivity index (χ2n) is 5.01. The second kappa shape index (κ2) is 7.63. The van der Waals surface area contributed by atoms with Gasteiger partial charge in [0.25, 0.3) is 0 Å². The zero-order valence-corrected chi connectivity index (χ0v) is 11.3. The molecule has 0 heterocycles. The van der Waals surface area contributed by atoms with Crippen LogP contribution >= 0.6 is 0 Å². The lowest BCUT2D eigenvalue weighted by atomic mass is 10.0. The highest BCUT2D eigenvalue weighted by atomic mass is 16.2. The third-order valence-corrected chi connectivity index (χ3v) is 2.76. The van der Waals surface area contributed by atoms with Gasteiger partial charge < -0.3 is 16.0 Å². The van der Waals surface area contributed by atoms with E-state index in [1.54, 1.807) is 0 Å². The minimum absolute atomic E-state index is 0.0434. The average molecular weight is 229 g/mol. The third-order valence-electron chi connectivity index (χ3n) is 2.76. The molecule has 0 rings (SSSR count). The van der Waals surface area contributed by atoms with Gasteiger partial charge in [-0.15, -0.1) is 0 Å². The number of nitrogens with zero attached hydrogens (tertiary/aromatic N) is 1. The summed E-state index contributed by atoms with van der Waals surface area (Å²) in [5, 5.41) is 2.91. The topological polar surface area (TPSA) is 58.4 Å². The standard InChI is InChI=1S/C12H27N3O/c1-6-11(13)12(16)14-8-10(15(4)5)7-9(2)3/h9-11H,6-8,13H2,1-5H3,(H,14,16)/t10?,11-/m0/s1. The summed E-state index contributed by atoms with van der Waals surface area (Å²) in [6, 6.07) is 0.00914. The van der Waals surface area contributed by atoms with Crippen LogP contribution in [-0.4, -0.2) is 43.5 Å². The lowest BCUT2D eigenvalue weighted by Gasteiger charge is -2.26. The van der Waals surface area contributed by atoms with Crippen LogP contribution in [0.3, 0.4) is 0 Å². The van der Waals surface area contributed by atoms with Crippen molar-refractivity contribution in [3.8, 4) is 0 Å². The van der Waals surface area contributed by atoms with Crippen molar-refractivity contribution in [2.45, 2.75) is 45.7 Å². The van der Waals surface area contributed by atoms with Gasteiger partial charge in [-0.25, -0.2) is 0 Å². The van der Waals surface area contributed by atoms with Crippen molar-refractivity contribution >= 4 is 5.91 Å². The summed E-state index contributed by atoms with van der Waals surface area (Å²) in [5.41, 5.74) is 5.65. The molecule has 4 heteroatoms. The molecule has 1 amide bonds. The van der Waals surface area contributed by atoms with Crippen LogP contribution in [0.15, 0.2) is 0 Å². The number of nitrogens with two attached hydrogens (primary N) is 1. The van der Waals surface area contributed by atoms with E-state index in [0.717, 1.165) is 6.42 Å². The van der Waals surface area contributed by atoms with Crippen LogP contribution < -0.4 is 11.1 Å². The number of nitrogens with one attached hydrogen (secondary N) is 1. The molecule has 2 atom stereocenters. The molecular formula is C12H27N3O. The molecule has 0 aromatic heterocycles. The molecule has 16 heavy (non-hydrogen) atoms. The Bertz CT molecular complexity index is 204. The van der Waals surface area contributed by atoms with E-state index in [2.05, 4.69) is 24.1 Å². The molecule has 0 saturated carbocycles. The minimum Gasteiger partial charge on any atom is -0.353 e. The van der Waals surface area contributed by atoms with Crippen LogP contribution in [0.4, 0.5) is 0 Å². The first-order valence-corrected chi connectivity index (χ1v) is 6.08. The van der Waals surface area contributed by atoms with Crippen molar-refractivity contribution in [1.29, 1.82) is 0 Å². The maximum atomic E-state index is 11.5. The zero-order valence-electron chi connectivity index (χ0n) is 11.3. The molecule has 4 nitrogen and oxygen atoms in total. The molecule has 0 bridgehead atoms. The number of likely N-dealkylation sites (N-methyl/N-ethyl adjacent to an activating group) is 1. The maximum Gasteiger partial charge on any atom is 0.236 e. The molecule has 0 aliphatic rings. The second-order valence-corrected chi connectivity index (χ2v) is 5.01. The number of rotatable bonds is 7. The van der Waals surface area contributed by atoms with E-state index >= 15 is 0 Å². The van der Waals surface area contributed by atoms with Gasteiger partial charge in [-0.1, -0.05) is 20.8 Å². The molecular weight excluding hydrogens is 202 g/mol. The molecule has 0 aromatic rings. The van der Waals surface area contributed by atoms with E-state index in [1.807, 2.05) is 21.0 Å². The molecule has 0 spiro atoms. The van der Waals surface area contributed by atoms with Crippen LogP contribution in [0.25, 0.3) is 0 Å². The van der Waals surface area contributed by atoms with E-state index in [0.29, 0.717) is 24.9 Å². The quantitative estimate of drug-likeness (QED) is 0.679. The zero-order chi connectivity index (χ0) is 12.7.